The number of aromatic amines is 1. The predicted molar refractivity (Wildman–Crippen MR) is 122 cm³/mol. The van der Waals surface area contributed by atoms with Crippen LogP contribution < -0.4 is 0 Å². The number of nitrogens with zero attached hydrogens (tertiary/aromatic N) is 2. The second kappa shape index (κ2) is 7.41. The second-order valence-corrected chi connectivity index (χ2v) is 9.16. The van der Waals surface area contributed by atoms with E-state index >= 15 is 0 Å². The van der Waals surface area contributed by atoms with Gasteiger partial charge in [0.25, 0.3) is 5.91 Å². The standard InChI is InChI=1S/C25H26ClN3O2/c1-3-4-13-28-15-21(30)29-14-19(16-9-11-17(26)12-10-16)22-18-7-5-6-8-20(18)27-23(22)25(29,2)24(28)31/h5-12,19,27H,3-4,13-15H2,1-2H3/t19?,25-/m0/s1. The van der Waals surface area contributed by atoms with E-state index in [1.165, 1.54) is 0 Å². The van der Waals surface area contributed by atoms with Crippen LogP contribution in [0.4, 0.5) is 0 Å². The summed E-state index contributed by atoms with van der Waals surface area (Å²) < 4.78 is 0. The molecular weight excluding hydrogens is 410 g/mol. The lowest BCUT2D eigenvalue weighted by Gasteiger charge is -2.51. The van der Waals surface area contributed by atoms with Crippen LogP contribution in [0.2, 0.25) is 5.02 Å². The van der Waals surface area contributed by atoms with Crippen molar-refractivity contribution in [2.75, 3.05) is 19.6 Å². The summed E-state index contributed by atoms with van der Waals surface area (Å²) in [5.74, 6) is -0.0279. The van der Waals surface area contributed by atoms with Crippen LogP contribution in [0.3, 0.4) is 0 Å². The molecule has 160 valence electrons. The summed E-state index contributed by atoms with van der Waals surface area (Å²) in [6, 6.07) is 15.9. The van der Waals surface area contributed by atoms with E-state index in [1.807, 2.05) is 49.4 Å². The number of halogens is 1. The largest absolute Gasteiger partial charge is 0.356 e. The molecule has 0 spiro atoms. The maximum atomic E-state index is 13.8. The Morgan fingerprint density at radius 2 is 1.87 bits per heavy atom. The van der Waals surface area contributed by atoms with E-state index < -0.39 is 5.54 Å². The van der Waals surface area contributed by atoms with E-state index in [4.69, 9.17) is 11.6 Å². The van der Waals surface area contributed by atoms with Crippen molar-refractivity contribution >= 4 is 34.3 Å². The van der Waals surface area contributed by atoms with Crippen LogP contribution >= 0.6 is 11.6 Å². The molecule has 2 aliphatic rings. The Bertz CT molecular complexity index is 1170. The third kappa shape index (κ3) is 2.98. The van der Waals surface area contributed by atoms with E-state index in [-0.39, 0.29) is 24.3 Å². The zero-order chi connectivity index (χ0) is 21.8. The van der Waals surface area contributed by atoms with Gasteiger partial charge in [-0.05, 0) is 42.7 Å². The highest BCUT2D eigenvalue weighted by Crippen LogP contribution is 2.48. The Labute approximate surface area is 187 Å². The molecule has 1 fully saturated rings. The third-order valence-corrected chi connectivity index (χ3v) is 7.12. The molecule has 5 nitrogen and oxygen atoms in total. The summed E-state index contributed by atoms with van der Waals surface area (Å²) in [7, 11) is 0. The monoisotopic (exact) mass is 435 g/mol. The second-order valence-electron chi connectivity index (χ2n) is 8.72. The van der Waals surface area contributed by atoms with Crippen molar-refractivity contribution in [1.82, 2.24) is 14.8 Å². The summed E-state index contributed by atoms with van der Waals surface area (Å²) in [5, 5.41) is 1.78. The first-order valence-electron chi connectivity index (χ1n) is 10.9. The molecule has 0 saturated carbocycles. The van der Waals surface area contributed by atoms with Crippen LogP contribution in [0.15, 0.2) is 48.5 Å². The first kappa shape index (κ1) is 20.1. The first-order chi connectivity index (χ1) is 14.9. The van der Waals surface area contributed by atoms with Gasteiger partial charge in [0.05, 0.1) is 12.2 Å². The fourth-order valence-electron chi connectivity index (χ4n) is 5.20. The van der Waals surface area contributed by atoms with Crippen molar-refractivity contribution in [2.45, 2.75) is 38.1 Å². The zero-order valence-corrected chi connectivity index (χ0v) is 18.6. The number of carbonyl (C=O) groups is 2. The van der Waals surface area contributed by atoms with Gasteiger partial charge in [-0.1, -0.05) is 55.3 Å². The number of benzene rings is 2. The molecule has 0 bridgehead atoms. The van der Waals surface area contributed by atoms with Crippen LogP contribution in [0.5, 0.6) is 0 Å². The lowest BCUT2D eigenvalue weighted by Crippen LogP contribution is -2.67. The van der Waals surface area contributed by atoms with E-state index in [9.17, 15) is 9.59 Å². The van der Waals surface area contributed by atoms with Crippen LogP contribution in [0.1, 0.15) is 49.4 Å². The molecular formula is C25H26ClN3O2. The molecule has 0 aliphatic carbocycles. The minimum Gasteiger partial charge on any atom is -0.356 e. The summed E-state index contributed by atoms with van der Waals surface area (Å²) in [4.78, 5) is 34.1. The van der Waals surface area contributed by atoms with Crippen molar-refractivity contribution in [1.29, 1.82) is 0 Å². The number of H-pyrrole nitrogens is 1. The number of rotatable bonds is 4. The van der Waals surface area contributed by atoms with Gasteiger partial charge in [-0.2, -0.15) is 0 Å². The molecule has 5 rings (SSSR count). The number of para-hydroxylation sites is 1. The topological polar surface area (TPSA) is 56.4 Å². The Morgan fingerprint density at radius 3 is 2.61 bits per heavy atom. The zero-order valence-electron chi connectivity index (χ0n) is 17.8. The fraction of sp³-hybridized carbons (Fsp3) is 0.360. The van der Waals surface area contributed by atoms with Crippen LogP contribution in [-0.2, 0) is 15.1 Å². The number of unbranched alkanes of at least 4 members (excludes halogenated alkanes) is 1. The van der Waals surface area contributed by atoms with E-state index in [0.29, 0.717) is 18.1 Å². The molecule has 1 aromatic heterocycles. The van der Waals surface area contributed by atoms with Crippen LogP contribution in [0.25, 0.3) is 10.9 Å². The summed E-state index contributed by atoms with van der Waals surface area (Å²) in [5.41, 5.74) is 2.99. The van der Waals surface area contributed by atoms with Gasteiger partial charge in [0.1, 0.15) is 0 Å². The number of nitrogens with one attached hydrogen (secondary N) is 1. The average Bonchev–Trinajstić information content (AvgIpc) is 3.17. The number of hydrogen-bond donors (Lipinski definition) is 1. The number of piperazine rings is 1. The molecule has 3 heterocycles. The molecule has 3 aromatic rings. The summed E-state index contributed by atoms with van der Waals surface area (Å²) in [6.07, 6.45) is 1.87. The quantitative estimate of drug-likeness (QED) is 0.648. The molecule has 2 amide bonds. The highest BCUT2D eigenvalue weighted by molar-refractivity contribution is 6.30. The molecule has 1 saturated heterocycles. The van der Waals surface area contributed by atoms with E-state index in [1.54, 1.807) is 9.80 Å². The summed E-state index contributed by atoms with van der Waals surface area (Å²) >= 11 is 6.14. The van der Waals surface area contributed by atoms with Gasteiger partial charge < -0.3 is 14.8 Å². The minimum atomic E-state index is -1.03. The van der Waals surface area contributed by atoms with Crippen molar-refractivity contribution in [3.05, 3.63) is 70.4 Å². The van der Waals surface area contributed by atoms with E-state index in [0.717, 1.165) is 40.6 Å². The Morgan fingerprint density at radius 1 is 1.13 bits per heavy atom. The Kier molecular flexibility index (Phi) is 4.82. The first-order valence-corrected chi connectivity index (χ1v) is 11.3. The van der Waals surface area contributed by atoms with Crippen LogP contribution in [-0.4, -0.2) is 46.2 Å². The molecule has 0 radical (unpaired) electrons. The van der Waals surface area contributed by atoms with Gasteiger partial charge in [0.15, 0.2) is 5.54 Å². The van der Waals surface area contributed by atoms with Gasteiger partial charge >= 0.3 is 0 Å². The molecule has 1 N–H and O–H groups in total. The van der Waals surface area contributed by atoms with Crippen LogP contribution in [0, 0.1) is 0 Å². The van der Waals surface area contributed by atoms with E-state index in [2.05, 4.69) is 18.0 Å². The lowest BCUT2D eigenvalue weighted by atomic mass is 9.76. The predicted octanol–water partition coefficient (Wildman–Crippen LogP) is 4.65. The van der Waals surface area contributed by atoms with Crippen molar-refractivity contribution in [3.8, 4) is 0 Å². The lowest BCUT2D eigenvalue weighted by molar-refractivity contribution is -0.166. The molecule has 6 heteroatoms. The molecule has 31 heavy (non-hydrogen) atoms. The molecule has 1 unspecified atom stereocenters. The minimum absolute atomic E-state index is 0.00136. The average molecular weight is 436 g/mol. The smallest absolute Gasteiger partial charge is 0.254 e. The van der Waals surface area contributed by atoms with Gasteiger partial charge in [0, 0.05) is 34.9 Å². The maximum Gasteiger partial charge on any atom is 0.254 e. The SMILES string of the molecule is CCCCN1CC(=O)N2CC(c3ccc(Cl)cc3)c3c([nH]c4ccccc34)[C@@]2(C)C1=O. The number of amides is 2. The molecule has 2 aromatic carbocycles. The molecule has 2 aliphatic heterocycles. The summed E-state index contributed by atoms with van der Waals surface area (Å²) in [6.45, 7) is 5.23. The van der Waals surface area contributed by atoms with Gasteiger partial charge in [-0.25, -0.2) is 0 Å². The Balaban J connectivity index is 1.72. The van der Waals surface area contributed by atoms with Crippen molar-refractivity contribution < 1.29 is 9.59 Å². The van der Waals surface area contributed by atoms with Gasteiger partial charge in [-0.15, -0.1) is 0 Å². The highest BCUT2D eigenvalue weighted by Gasteiger charge is 2.56. The Hall–Kier alpha value is -2.79. The van der Waals surface area contributed by atoms with Crippen molar-refractivity contribution in [3.63, 3.8) is 0 Å². The molecule has 2 atom stereocenters. The number of fused-ring (bicyclic) bond motifs is 5. The van der Waals surface area contributed by atoms with Crippen molar-refractivity contribution in [2.24, 2.45) is 0 Å². The number of hydrogen-bond acceptors (Lipinski definition) is 2. The normalized spacial score (nSPS) is 23.3. The number of carbonyl (C=O) groups excluding carboxylic acids is 2. The van der Waals surface area contributed by atoms with Gasteiger partial charge in [0.2, 0.25) is 5.91 Å². The number of aromatic nitrogens is 1. The third-order valence-electron chi connectivity index (χ3n) is 6.87. The van der Waals surface area contributed by atoms with Gasteiger partial charge in [-0.3, -0.25) is 9.59 Å². The fourth-order valence-corrected chi connectivity index (χ4v) is 5.33. The maximum absolute atomic E-state index is 13.8. The highest BCUT2D eigenvalue weighted by atomic mass is 35.5.